The molecular weight excluding hydrogens is 491 g/mol. The molecule has 3 N–H and O–H groups in total. The van der Waals surface area contributed by atoms with Crippen LogP contribution in [0.2, 0.25) is 0 Å². The number of aryl methyl sites for hydroxylation is 1. The maximum atomic E-state index is 15.0. The predicted molar refractivity (Wildman–Crippen MR) is 136 cm³/mol. The molecule has 2 aromatic carbocycles. The van der Waals surface area contributed by atoms with Gasteiger partial charge in [-0.15, -0.1) is 0 Å². The lowest BCUT2D eigenvalue weighted by molar-refractivity contribution is -0.0261. The average molecular weight is 521 g/mol. The molecule has 38 heavy (non-hydrogen) atoms. The van der Waals surface area contributed by atoms with Gasteiger partial charge in [0.1, 0.15) is 23.0 Å². The lowest BCUT2D eigenvalue weighted by atomic mass is 9.98. The third kappa shape index (κ3) is 5.84. The van der Waals surface area contributed by atoms with Crippen molar-refractivity contribution in [3.63, 3.8) is 0 Å². The maximum absolute atomic E-state index is 15.0. The summed E-state index contributed by atoms with van der Waals surface area (Å²) < 4.78 is 26.0. The van der Waals surface area contributed by atoms with Gasteiger partial charge in [0.15, 0.2) is 5.78 Å². The van der Waals surface area contributed by atoms with Crippen molar-refractivity contribution in [3.05, 3.63) is 88.0 Å². The quantitative estimate of drug-likeness (QED) is 0.391. The molecule has 2 atom stereocenters. The number of nitrogens with one attached hydrogen (secondary N) is 1. The molecule has 0 saturated carbocycles. The minimum atomic E-state index is -0.782. The Morgan fingerprint density at radius 1 is 1.08 bits per heavy atom. The van der Waals surface area contributed by atoms with E-state index < -0.39 is 23.9 Å². The van der Waals surface area contributed by atoms with E-state index in [2.05, 4.69) is 10.3 Å². The predicted octanol–water partition coefficient (Wildman–Crippen LogP) is 3.15. The van der Waals surface area contributed by atoms with Crippen LogP contribution in [0, 0.1) is 5.82 Å². The van der Waals surface area contributed by atoms with Crippen LogP contribution in [-0.2, 0) is 24.0 Å². The van der Waals surface area contributed by atoms with Crippen LogP contribution in [0.4, 0.5) is 4.39 Å². The van der Waals surface area contributed by atoms with Crippen LogP contribution in [0.1, 0.15) is 56.1 Å². The van der Waals surface area contributed by atoms with Gasteiger partial charge < -0.3 is 25.0 Å². The topological polar surface area (TPSA) is 118 Å². The van der Waals surface area contributed by atoms with Gasteiger partial charge in [0.25, 0.3) is 5.91 Å². The van der Waals surface area contributed by atoms with E-state index >= 15 is 0 Å². The number of aliphatic hydroxyl groups excluding tert-OH is 1. The molecule has 1 saturated heterocycles. The van der Waals surface area contributed by atoms with Crippen molar-refractivity contribution in [2.45, 2.75) is 44.2 Å². The summed E-state index contributed by atoms with van der Waals surface area (Å²) >= 11 is 0. The molecule has 0 spiro atoms. The third-order valence-electron chi connectivity index (χ3n) is 6.89. The number of aromatic nitrogens is 1. The van der Waals surface area contributed by atoms with Gasteiger partial charge in [-0.1, -0.05) is 18.2 Å². The number of rotatable bonds is 8. The zero-order valence-corrected chi connectivity index (χ0v) is 20.8. The number of nitrogens with zero attached hydrogens (tertiary/aromatic N) is 1. The number of hydrogen-bond donors (Lipinski definition) is 3. The molecule has 0 bridgehead atoms. The molecule has 0 unspecified atom stereocenters. The SMILES string of the molecule is O=C(N[C@H]1CCOC[C@@H]1O)c1cc(Cc2ccc(C(=O)CCc3ccc(O)cc3)c(F)c2)c2c(n1)CCO2. The number of ether oxygens (including phenoxy) is 2. The monoisotopic (exact) mass is 520 g/mol. The van der Waals surface area contributed by atoms with E-state index in [1.807, 2.05) is 0 Å². The summed E-state index contributed by atoms with van der Waals surface area (Å²) in [5, 5.41) is 22.3. The van der Waals surface area contributed by atoms with Gasteiger partial charge in [0.05, 0.1) is 36.6 Å². The number of phenols is 1. The van der Waals surface area contributed by atoms with E-state index in [4.69, 9.17) is 9.47 Å². The minimum Gasteiger partial charge on any atom is -0.508 e. The van der Waals surface area contributed by atoms with Crippen LogP contribution in [0.5, 0.6) is 11.5 Å². The Bertz CT molecular complexity index is 1340. The van der Waals surface area contributed by atoms with Crippen molar-refractivity contribution in [1.29, 1.82) is 0 Å². The highest BCUT2D eigenvalue weighted by atomic mass is 19.1. The van der Waals surface area contributed by atoms with Gasteiger partial charge in [0, 0.05) is 31.4 Å². The number of benzene rings is 2. The first-order valence-electron chi connectivity index (χ1n) is 12.7. The Kier molecular flexibility index (Phi) is 7.67. The summed E-state index contributed by atoms with van der Waals surface area (Å²) in [6.45, 7) is 1.07. The van der Waals surface area contributed by atoms with Gasteiger partial charge in [-0.25, -0.2) is 9.37 Å². The Balaban J connectivity index is 1.29. The first-order valence-corrected chi connectivity index (χ1v) is 12.7. The van der Waals surface area contributed by atoms with Crippen molar-refractivity contribution in [1.82, 2.24) is 10.3 Å². The molecule has 0 aliphatic carbocycles. The second-order valence-corrected chi connectivity index (χ2v) is 9.63. The van der Waals surface area contributed by atoms with Gasteiger partial charge in [0.2, 0.25) is 0 Å². The first-order chi connectivity index (χ1) is 18.4. The smallest absolute Gasteiger partial charge is 0.270 e. The summed E-state index contributed by atoms with van der Waals surface area (Å²) in [6.07, 6.45) is 1.17. The number of aromatic hydroxyl groups is 1. The molecule has 5 rings (SSSR count). The van der Waals surface area contributed by atoms with E-state index in [0.717, 1.165) is 5.56 Å². The molecule has 3 heterocycles. The lowest BCUT2D eigenvalue weighted by Gasteiger charge is -2.28. The normalized spacial score (nSPS) is 18.5. The van der Waals surface area contributed by atoms with Crippen LogP contribution in [0.3, 0.4) is 0 Å². The largest absolute Gasteiger partial charge is 0.508 e. The fourth-order valence-corrected chi connectivity index (χ4v) is 4.79. The lowest BCUT2D eigenvalue weighted by Crippen LogP contribution is -2.48. The number of pyridine rings is 1. The van der Waals surface area contributed by atoms with Crippen molar-refractivity contribution >= 4 is 11.7 Å². The molecule has 3 aromatic rings. The first kappa shape index (κ1) is 25.8. The third-order valence-corrected chi connectivity index (χ3v) is 6.89. The number of ketones is 1. The van der Waals surface area contributed by atoms with Crippen molar-refractivity contribution in [2.24, 2.45) is 0 Å². The Labute approximate surface area is 219 Å². The van der Waals surface area contributed by atoms with Gasteiger partial charge >= 0.3 is 0 Å². The summed E-state index contributed by atoms with van der Waals surface area (Å²) in [7, 11) is 0. The summed E-state index contributed by atoms with van der Waals surface area (Å²) in [4.78, 5) is 30.1. The molecule has 9 heteroatoms. The van der Waals surface area contributed by atoms with Crippen LogP contribution in [-0.4, -0.2) is 58.9 Å². The molecule has 1 fully saturated rings. The molecule has 8 nitrogen and oxygen atoms in total. The number of hydrogen-bond acceptors (Lipinski definition) is 7. The molecule has 2 aliphatic heterocycles. The number of phenolic OH excluding ortho intramolecular Hbond substituents is 1. The zero-order chi connectivity index (χ0) is 26.6. The minimum absolute atomic E-state index is 0.0267. The molecule has 2 aliphatic rings. The molecular formula is C29H29FN2O6. The van der Waals surface area contributed by atoms with Crippen molar-refractivity contribution in [3.8, 4) is 11.5 Å². The standard InChI is InChI=1S/C29H29FN2O6/c30-22-14-18(3-7-21(22)26(34)8-4-17-1-5-20(33)6-2-17)13-19-15-25(31-24-10-12-38-28(19)24)29(36)32-23-9-11-37-16-27(23)35/h1-3,5-7,14-15,23,27,33,35H,4,8-13,16H2,(H,32,36)/t23-,27-/m0/s1. The highest BCUT2D eigenvalue weighted by Crippen LogP contribution is 2.31. The molecule has 1 amide bonds. The van der Waals surface area contributed by atoms with E-state index in [1.165, 1.54) is 12.1 Å². The number of halogens is 1. The van der Waals surface area contributed by atoms with Crippen LogP contribution < -0.4 is 10.1 Å². The second kappa shape index (κ2) is 11.3. The number of carbonyl (C=O) groups is 2. The highest BCUT2D eigenvalue weighted by Gasteiger charge is 2.28. The Hall–Kier alpha value is -3.82. The van der Waals surface area contributed by atoms with E-state index in [0.29, 0.717) is 61.5 Å². The van der Waals surface area contributed by atoms with Gasteiger partial charge in [-0.05, 0) is 54.3 Å². The molecule has 1 aromatic heterocycles. The Morgan fingerprint density at radius 3 is 2.63 bits per heavy atom. The van der Waals surface area contributed by atoms with Crippen molar-refractivity contribution in [2.75, 3.05) is 19.8 Å². The van der Waals surface area contributed by atoms with Gasteiger partial charge in [-0.2, -0.15) is 0 Å². The summed E-state index contributed by atoms with van der Waals surface area (Å²) in [5.41, 5.74) is 3.12. The average Bonchev–Trinajstić information content (AvgIpc) is 3.39. The molecule has 198 valence electrons. The Morgan fingerprint density at radius 2 is 1.87 bits per heavy atom. The van der Waals surface area contributed by atoms with E-state index in [1.54, 1.807) is 36.4 Å². The number of fused-ring (bicyclic) bond motifs is 1. The van der Waals surface area contributed by atoms with E-state index in [9.17, 15) is 24.2 Å². The number of aliphatic hydroxyl groups is 1. The van der Waals surface area contributed by atoms with Crippen LogP contribution >= 0.6 is 0 Å². The zero-order valence-electron chi connectivity index (χ0n) is 20.8. The fourth-order valence-electron chi connectivity index (χ4n) is 4.79. The van der Waals surface area contributed by atoms with Gasteiger partial charge in [-0.3, -0.25) is 9.59 Å². The van der Waals surface area contributed by atoms with Crippen LogP contribution in [0.15, 0.2) is 48.5 Å². The highest BCUT2D eigenvalue weighted by molar-refractivity contribution is 5.96. The van der Waals surface area contributed by atoms with Crippen molar-refractivity contribution < 1.29 is 33.7 Å². The summed E-state index contributed by atoms with van der Waals surface area (Å²) in [5.74, 6) is -0.548. The van der Waals surface area contributed by atoms with Crippen LogP contribution in [0.25, 0.3) is 0 Å². The maximum Gasteiger partial charge on any atom is 0.270 e. The number of amides is 1. The number of Topliss-reactive ketones (excluding diaryl/α,β-unsaturated/α-hetero) is 1. The number of carbonyl (C=O) groups excluding carboxylic acids is 2. The molecule has 0 radical (unpaired) electrons. The summed E-state index contributed by atoms with van der Waals surface area (Å²) in [6, 6.07) is 12.3. The van der Waals surface area contributed by atoms with E-state index in [-0.39, 0.29) is 35.8 Å². The second-order valence-electron chi connectivity index (χ2n) is 9.63. The fraction of sp³-hybridized carbons (Fsp3) is 0.345.